The summed E-state index contributed by atoms with van der Waals surface area (Å²) in [5.74, 6) is 0.0448. The zero-order valence-electron chi connectivity index (χ0n) is 11.8. The number of benzene rings is 1. The molecule has 0 aliphatic carbocycles. The summed E-state index contributed by atoms with van der Waals surface area (Å²) in [6.45, 7) is 6.49. The lowest BCUT2D eigenvalue weighted by molar-refractivity contribution is -0.120. The molecule has 0 aliphatic rings. The molecule has 0 spiro atoms. The van der Waals surface area contributed by atoms with E-state index < -0.39 is 0 Å². The van der Waals surface area contributed by atoms with Crippen LogP contribution in [-0.2, 0) is 11.3 Å². The Labute approximate surface area is 127 Å². The number of carbonyl (C=O) groups is 1. The lowest BCUT2D eigenvalue weighted by Gasteiger charge is -2.10. The molecule has 1 atom stereocenters. The molecule has 0 radical (unpaired) electrons. The van der Waals surface area contributed by atoms with Gasteiger partial charge in [-0.3, -0.25) is 4.79 Å². The van der Waals surface area contributed by atoms with E-state index in [-0.39, 0.29) is 11.2 Å². The van der Waals surface area contributed by atoms with Crippen molar-refractivity contribution in [3.8, 4) is 0 Å². The molecule has 2 aromatic rings. The maximum absolute atomic E-state index is 12.0. The van der Waals surface area contributed by atoms with Crippen molar-refractivity contribution >= 4 is 29.0 Å². The maximum Gasteiger partial charge on any atom is 0.233 e. The molecule has 0 unspecified atom stereocenters. The van der Waals surface area contributed by atoms with E-state index in [0.29, 0.717) is 6.54 Å². The van der Waals surface area contributed by atoms with Gasteiger partial charge in [0.2, 0.25) is 5.91 Å². The van der Waals surface area contributed by atoms with E-state index in [1.54, 1.807) is 11.3 Å². The first kappa shape index (κ1) is 15.1. The van der Waals surface area contributed by atoms with Crippen molar-refractivity contribution in [2.45, 2.75) is 36.9 Å². The summed E-state index contributed by atoms with van der Waals surface area (Å²) in [5, 5.41) is 4.83. The molecule has 3 nitrogen and oxygen atoms in total. The first-order chi connectivity index (χ1) is 9.54. The summed E-state index contributed by atoms with van der Waals surface area (Å²) in [6.07, 6.45) is 0. The SMILES string of the molecule is Cc1ccc(CNC(=O)[C@@H](C)Sc2nc(C)cs2)cc1. The topological polar surface area (TPSA) is 42.0 Å². The van der Waals surface area contributed by atoms with E-state index in [1.165, 1.54) is 17.3 Å². The summed E-state index contributed by atoms with van der Waals surface area (Å²) < 4.78 is 0.945. The van der Waals surface area contributed by atoms with Gasteiger partial charge in [0.05, 0.1) is 5.25 Å². The predicted molar refractivity (Wildman–Crippen MR) is 85.2 cm³/mol. The molecule has 1 amide bonds. The van der Waals surface area contributed by atoms with Crippen LogP contribution in [-0.4, -0.2) is 16.1 Å². The van der Waals surface area contributed by atoms with Crippen molar-refractivity contribution in [3.05, 3.63) is 46.5 Å². The van der Waals surface area contributed by atoms with E-state index in [2.05, 4.69) is 29.4 Å². The number of carbonyl (C=O) groups excluding carboxylic acids is 1. The normalized spacial score (nSPS) is 12.2. The number of thiazole rings is 1. The molecule has 1 aromatic heterocycles. The highest BCUT2D eigenvalue weighted by Crippen LogP contribution is 2.26. The van der Waals surface area contributed by atoms with Crippen LogP contribution in [0.25, 0.3) is 0 Å². The lowest BCUT2D eigenvalue weighted by atomic mass is 10.1. The van der Waals surface area contributed by atoms with Crippen molar-refractivity contribution < 1.29 is 4.79 Å². The van der Waals surface area contributed by atoms with E-state index in [9.17, 15) is 4.79 Å². The number of rotatable bonds is 5. The van der Waals surface area contributed by atoms with Crippen molar-refractivity contribution in [1.82, 2.24) is 10.3 Å². The van der Waals surface area contributed by atoms with Crippen LogP contribution in [0.15, 0.2) is 34.0 Å². The van der Waals surface area contributed by atoms with Gasteiger partial charge in [-0.25, -0.2) is 4.98 Å². The van der Waals surface area contributed by atoms with Crippen LogP contribution in [0.3, 0.4) is 0 Å². The van der Waals surface area contributed by atoms with Crippen LogP contribution in [0.2, 0.25) is 0 Å². The van der Waals surface area contributed by atoms with Gasteiger partial charge in [-0.15, -0.1) is 11.3 Å². The highest BCUT2D eigenvalue weighted by molar-refractivity contribution is 8.02. The maximum atomic E-state index is 12.0. The van der Waals surface area contributed by atoms with Gasteiger partial charge in [0.1, 0.15) is 0 Å². The Morgan fingerprint density at radius 2 is 2.05 bits per heavy atom. The van der Waals surface area contributed by atoms with Crippen LogP contribution in [0.4, 0.5) is 0 Å². The van der Waals surface area contributed by atoms with E-state index in [1.807, 2.05) is 31.4 Å². The fraction of sp³-hybridized carbons (Fsp3) is 0.333. The van der Waals surface area contributed by atoms with Gasteiger partial charge >= 0.3 is 0 Å². The highest BCUT2D eigenvalue weighted by atomic mass is 32.2. The third-order valence-electron chi connectivity index (χ3n) is 2.83. The third-order valence-corrected chi connectivity index (χ3v) is 5.02. The Morgan fingerprint density at radius 3 is 2.65 bits per heavy atom. The second-order valence-electron chi connectivity index (χ2n) is 4.72. The van der Waals surface area contributed by atoms with Crippen LogP contribution < -0.4 is 5.32 Å². The molecule has 5 heteroatoms. The number of thioether (sulfide) groups is 1. The summed E-state index contributed by atoms with van der Waals surface area (Å²) in [4.78, 5) is 16.4. The van der Waals surface area contributed by atoms with E-state index >= 15 is 0 Å². The van der Waals surface area contributed by atoms with Gasteiger partial charge < -0.3 is 5.32 Å². The molecule has 106 valence electrons. The van der Waals surface area contributed by atoms with Crippen molar-refractivity contribution in [3.63, 3.8) is 0 Å². The van der Waals surface area contributed by atoms with Crippen molar-refractivity contribution in [2.75, 3.05) is 0 Å². The number of amides is 1. The van der Waals surface area contributed by atoms with Crippen molar-refractivity contribution in [2.24, 2.45) is 0 Å². The van der Waals surface area contributed by atoms with Gasteiger partial charge in [0.25, 0.3) is 0 Å². The van der Waals surface area contributed by atoms with Gasteiger partial charge in [0, 0.05) is 17.6 Å². The first-order valence-corrected chi connectivity index (χ1v) is 8.22. The minimum atomic E-state index is -0.133. The minimum Gasteiger partial charge on any atom is -0.351 e. The van der Waals surface area contributed by atoms with Crippen LogP contribution in [0.5, 0.6) is 0 Å². The van der Waals surface area contributed by atoms with Crippen LogP contribution in [0, 0.1) is 13.8 Å². The quantitative estimate of drug-likeness (QED) is 0.859. The average molecular weight is 306 g/mol. The van der Waals surface area contributed by atoms with Crippen LogP contribution in [0.1, 0.15) is 23.7 Å². The highest BCUT2D eigenvalue weighted by Gasteiger charge is 2.15. The van der Waals surface area contributed by atoms with Gasteiger partial charge in [-0.05, 0) is 26.3 Å². The largest absolute Gasteiger partial charge is 0.351 e. The Balaban J connectivity index is 1.83. The number of nitrogens with one attached hydrogen (secondary N) is 1. The Morgan fingerprint density at radius 1 is 1.35 bits per heavy atom. The zero-order chi connectivity index (χ0) is 14.5. The first-order valence-electron chi connectivity index (χ1n) is 6.46. The van der Waals surface area contributed by atoms with Crippen molar-refractivity contribution in [1.29, 1.82) is 0 Å². The summed E-state index contributed by atoms with van der Waals surface area (Å²) in [7, 11) is 0. The summed E-state index contributed by atoms with van der Waals surface area (Å²) in [5.41, 5.74) is 3.35. The van der Waals surface area contributed by atoms with Gasteiger partial charge in [-0.1, -0.05) is 41.6 Å². The number of hydrogen-bond acceptors (Lipinski definition) is 4. The molecule has 0 saturated carbocycles. The summed E-state index contributed by atoms with van der Waals surface area (Å²) in [6, 6.07) is 8.19. The number of hydrogen-bond donors (Lipinski definition) is 1. The Bertz CT molecular complexity index is 578. The third kappa shape index (κ3) is 4.35. The second-order valence-corrected chi connectivity index (χ2v) is 7.16. The van der Waals surface area contributed by atoms with Crippen LogP contribution >= 0.6 is 23.1 Å². The minimum absolute atomic E-state index is 0.0448. The lowest BCUT2D eigenvalue weighted by Crippen LogP contribution is -2.30. The van der Waals surface area contributed by atoms with E-state index in [0.717, 1.165) is 15.6 Å². The molecule has 0 bridgehead atoms. The predicted octanol–water partition coefficient (Wildman–Crippen LogP) is 3.56. The number of aromatic nitrogens is 1. The smallest absolute Gasteiger partial charge is 0.233 e. The summed E-state index contributed by atoms with van der Waals surface area (Å²) >= 11 is 3.09. The molecule has 0 fully saturated rings. The Kier molecular flexibility index (Phi) is 5.20. The molecule has 0 aliphatic heterocycles. The molecule has 1 heterocycles. The molecule has 1 aromatic carbocycles. The number of aryl methyl sites for hydroxylation is 2. The van der Waals surface area contributed by atoms with E-state index in [4.69, 9.17) is 0 Å². The fourth-order valence-corrected chi connectivity index (χ4v) is 3.64. The standard InChI is InChI=1S/C15H18N2OS2/c1-10-4-6-13(7-5-10)8-16-14(18)12(3)20-15-17-11(2)9-19-15/h4-7,9,12H,8H2,1-3H3,(H,16,18)/t12-/m1/s1. The molecule has 20 heavy (non-hydrogen) atoms. The Hall–Kier alpha value is -1.33. The monoisotopic (exact) mass is 306 g/mol. The molecule has 2 rings (SSSR count). The second kappa shape index (κ2) is 6.90. The van der Waals surface area contributed by atoms with Gasteiger partial charge in [0.15, 0.2) is 4.34 Å². The molecular formula is C15H18N2OS2. The fourth-order valence-electron chi connectivity index (χ4n) is 1.63. The molecule has 0 saturated heterocycles. The molecule has 1 N–H and O–H groups in total. The zero-order valence-corrected chi connectivity index (χ0v) is 13.5. The average Bonchev–Trinajstić information content (AvgIpc) is 2.83. The van der Waals surface area contributed by atoms with Gasteiger partial charge in [-0.2, -0.15) is 0 Å². The molecular weight excluding hydrogens is 288 g/mol. The number of nitrogens with zero attached hydrogens (tertiary/aromatic N) is 1.